The van der Waals surface area contributed by atoms with Crippen molar-refractivity contribution >= 4 is 27.3 Å². The molecule has 0 aromatic carbocycles. The highest BCUT2D eigenvalue weighted by Gasteiger charge is 2.30. The van der Waals surface area contributed by atoms with E-state index in [-0.39, 0.29) is 17.5 Å². The van der Waals surface area contributed by atoms with Crippen LogP contribution in [0.5, 0.6) is 0 Å². The molecule has 130 valence electrons. The van der Waals surface area contributed by atoms with Crippen LogP contribution < -0.4 is 0 Å². The van der Waals surface area contributed by atoms with Gasteiger partial charge < -0.3 is 9.47 Å². The summed E-state index contributed by atoms with van der Waals surface area (Å²) in [6.45, 7) is 3.40. The highest BCUT2D eigenvalue weighted by Crippen LogP contribution is 2.19. The predicted molar refractivity (Wildman–Crippen MR) is 91.5 cm³/mol. The first-order valence-corrected chi connectivity index (χ1v) is 10.0. The summed E-state index contributed by atoms with van der Waals surface area (Å²) >= 11 is 1.40. The number of amides is 1. The number of nitrogens with zero attached hydrogens (tertiary/aromatic N) is 4. The molecular weight excluding hydrogens is 348 g/mol. The smallest absolute Gasteiger partial charge is 0.263 e. The molecule has 0 bridgehead atoms. The standard InChI is InChI=1S/C15H20N4O3S2/c1-12-16-14(11-17(12)2)24(21,22)19-7-4-6-18(8-9-19)15(20)13-5-3-10-23-13/h3,5,10-11H,4,6-9H2,1-2H3. The number of hydrogen-bond acceptors (Lipinski definition) is 5. The van der Waals surface area contributed by atoms with Crippen molar-refractivity contribution in [1.82, 2.24) is 18.8 Å². The second-order valence-electron chi connectivity index (χ2n) is 5.76. The second kappa shape index (κ2) is 6.66. The number of sulfonamides is 1. The van der Waals surface area contributed by atoms with Crippen molar-refractivity contribution in [3.8, 4) is 0 Å². The minimum absolute atomic E-state index is 0.0297. The van der Waals surface area contributed by atoms with Gasteiger partial charge >= 0.3 is 0 Å². The summed E-state index contributed by atoms with van der Waals surface area (Å²) in [5, 5.41) is 1.94. The molecule has 1 amide bonds. The van der Waals surface area contributed by atoms with Gasteiger partial charge in [-0.15, -0.1) is 11.3 Å². The third kappa shape index (κ3) is 3.24. The van der Waals surface area contributed by atoms with Gasteiger partial charge in [0, 0.05) is 39.4 Å². The minimum atomic E-state index is -3.62. The zero-order valence-corrected chi connectivity index (χ0v) is 15.3. The predicted octanol–water partition coefficient (Wildman–Crippen LogP) is 1.33. The number of thiophene rings is 1. The van der Waals surface area contributed by atoms with E-state index in [1.165, 1.54) is 21.8 Å². The Hall–Kier alpha value is -1.71. The van der Waals surface area contributed by atoms with Gasteiger partial charge in [-0.25, -0.2) is 13.4 Å². The Balaban J connectivity index is 1.74. The summed E-state index contributed by atoms with van der Waals surface area (Å²) in [7, 11) is -1.85. The molecule has 2 aromatic rings. The fourth-order valence-electron chi connectivity index (χ4n) is 2.68. The van der Waals surface area contributed by atoms with Crippen molar-refractivity contribution < 1.29 is 13.2 Å². The van der Waals surface area contributed by atoms with Crippen LogP contribution in [0.1, 0.15) is 21.9 Å². The van der Waals surface area contributed by atoms with Gasteiger partial charge in [0.1, 0.15) is 5.82 Å². The summed E-state index contributed by atoms with van der Waals surface area (Å²) in [6, 6.07) is 3.64. The van der Waals surface area contributed by atoms with Crippen LogP contribution in [0, 0.1) is 6.92 Å². The first-order chi connectivity index (χ1) is 11.4. The van der Waals surface area contributed by atoms with E-state index in [1.54, 1.807) is 29.5 Å². The van der Waals surface area contributed by atoms with Crippen LogP contribution in [0.25, 0.3) is 0 Å². The maximum Gasteiger partial charge on any atom is 0.263 e. The molecule has 1 aliphatic heterocycles. The Kier molecular flexibility index (Phi) is 4.75. The lowest BCUT2D eigenvalue weighted by atomic mass is 10.3. The molecule has 7 nitrogen and oxygen atoms in total. The van der Waals surface area contributed by atoms with Crippen LogP contribution in [0.15, 0.2) is 28.7 Å². The van der Waals surface area contributed by atoms with Gasteiger partial charge in [0.2, 0.25) is 0 Å². The van der Waals surface area contributed by atoms with E-state index in [2.05, 4.69) is 4.98 Å². The molecule has 0 radical (unpaired) electrons. The van der Waals surface area contributed by atoms with Gasteiger partial charge in [0.05, 0.1) is 4.88 Å². The largest absolute Gasteiger partial charge is 0.337 e. The third-order valence-electron chi connectivity index (χ3n) is 4.16. The van der Waals surface area contributed by atoms with Gasteiger partial charge in [-0.2, -0.15) is 4.31 Å². The van der Waals surface area contributed by atoms with E-state index in [1.807, 2.05) is 11.4 Å². The normalized spacial score (nSPS) is 17.0. The number of carbonyl (C=O) groups is 1. The molecule has 9 heteroatoms. The van der Waals surface area contributed by atoms with Crippen molar-refractivity contribution in [1.29, 1.82) is 0 Å². The number of carbonyl (C=O) groups excluding carboxylic acids is 1. The Bertz CT molecular complexity index is 808. The highest BCUT2D eigenvalue weighted by molar-refractivity contribution is 7.89. The van der Waals surface area contributed by atoms with Crippen LogP contribution in [0.3, 0.4) is 0 Å². The van der Waals surface area contributed by atoms with Crippen molar-refractivity contribution in [3.05, 3.63) is 34.4 Å². The van der Waals surface area contributed by atoms with Crippen LogP contribution in [0.2, 0.25) is 0 Å². The summed E-state index contributed by atoms with van der Waals surface area (Å²) in [5.41, 5.74) is 0. The maximum atomic E-state index is 12.8. The van der Waals surface area contributed by atoms with Crippen LogP contribution in [0.4, 0.5) is 0 Å². The number of imidazole rings is 1. The summed E-state index contributed by atoms with van der Waals surface area (Å²) in [4.78, 5) is 19.0. The summed E-state index contributed by atoms with van der Waals surface area (Å²) in [6.07, 6.45) is 2.15. The maximum absolute atomic E-state index is 12.8. The van der Waals surface area contributed by atoms with E-state index in [0.717, 1.165) is 0 Å². The molecule has 0 N–H and O–H groups in total. The van der Waals surface area contributed by atoms with E-state index < -0.39 is 10.0 Å². The van der Waals surface area contributed by atoms with Gasteiger partial charge in [-0.05, 0) is 24.8 Å². The highest BCUT2D eigenvalue weighted by atomic mass is 32.2. The second-order valence-corrected chi connectivity index (χ2v) is 8.60. The van der Waals surface area contributed by atoms with Gasteiger partial charge in [0.15, 0.2) is 5.03 Å². The SMILES string of the molecule is Cc1nc(S(=O)(=O)N2CCCN(C(=O)c3cccs3)CC2)cn1C. The molecule has 1 aliphatic rings. The Labute approximate surface area is 145 Å². The molecule has 1 fully saturated rings. The molecule has 0 aliphatic carbocycles. The third-order valence-corrected chi connectivity index (χ3v) is 6.79. The molecule has 2 aromatic heterocycles. The molecular formula is C15H20N4O3S2. The van der Waals surface area contributed by atoms with Crippen molar-refractivity contribution in [2.24, 2.45) is 7.05 Å². The Morgan fingerprint density at radius 1 is 1.25 bits per heavy atom. The van der Waals surface area contributed by atoms with Crippen molar-refractivity contribution in [2.45, 2.75) is 18.4 Å². The Morgan fingerprint density at radius 3 is 2.67 bits per heavy atom. The summed E-state index contributed by atoms with van der Waals surface area (Å²) < 4.78 is 28.6. The molecule has 0 atom stereocenters. The average Bonchev–Trinajstić information content (AvgIpc) is 3.11. The van der Waals surface area contributed by atoms with E-state index >= 15 is 0 Å². The Morgan fingerprint density at radius 2 is 2.04 bits per heavy atom. The van der Waals surface area contributed by atoms with E-state index in [0.29, 0.717) is 36.8 Å². The van der Waals surface area contributed by atoms with E-state index in [9.17, 15) is 13.2 Å². The molecule has 1 saturated heterocycles. The lowest BCUT2D eigenvalue weighted by Gasteiger charge is -2.20. The number of rotatable bonds is 3. The minimum Gasteiger partial charge on any atom is -0.337 e. The summed E-state index contributed by atoms with van der Waals surface area (Å²) in [5.74, 6) is 0.621. The average molecular weight is 368 g/mol. The fraction of sp³-hybridized carbons (Fsp3) is 0.467. The monoisotopic (exact) mass is 368 g/mol. The molecule has 0 saturated carbocycles. The first kappa shape index (κ1) is 17.1. The van der Waals surface area contributed by atoms with Crippen LogP contribution in [-0.4, -0.2) is 59.3 Å². The van der Waals surface area contributed by atoms with Gasteiger partial charge in [0.25, 0.3) is 15.9 Å². The van der Waals surface area contributed by atoms with E-state index in [4.69, 9.17) is 0 Å². The number of aromatic nitrogens is 2. The molecule has 24 heavy (non-hydrogen) atoms. The lowest BCUT2D eigenvalue weighted by Crippen LogP contribution is -2.37. The number of aryl methyl sites for hydroxylation is 2. The topological polar surface area (TPSA) is 75.5 Å². The molecule has 3 rings (SSSR count). The zero-order chi connectivity index (χ0) is 17.3. The molecule has 3 heterocycles. The van der Waals surface area contributed by atoms with Crippen molar-refractivity contribution in [2.75, 3.05) is 26.2 Å². The first-order valence-electron chi connectivity index (χ1n) is 7.72. The fourth-order valence-corrected chi connectivity index (χ4v) is 4.86. The lowest BCUT2D eigenvalue weighted by molar-refractivity contribution is 0.0769. The van der Waals surface area contributed by atoms with Gasteiger partial charge in [-0.1, -0.05) is 6.07 Å². The quantitative estimate of drug-likeness (QED) is 0.819. The molecule has 0 unspecified atom stereocenters. The molecule has 0 spiro atoms. The van der Waals surface area contributed by atoms with Gasteiger partial charge in [-0.3, -0.25) is 4.79 Å². The number of hydrogen-bond donors (Lipinski definition) is 0. The van der Waals surface area contributed by atoms with Crippen LogP contribution >= 0.6 is 11.3 Å². The zero-order valence-electron chi connectivity index (χ0n) is 13.7. The van der Waals surface area contributed by atoms with Crippen LogP contribution in [-0.2, 0) is 17.1 Å². The van der Waals surface area contributed by atoms with Crippen molar-refractivity contribution in [3.63, 3.8) is 0 Å².